The molecule has 0 bridgehead atoms. The molecule has 0 spiro atoms. The molecule has 4 nitrogen and oxygen atoms in total. The second kappa shape index (κ2) is 8.19. The number of carbonyl (C=O) groups is 1. The fourth-order valence-corrected chi connectivity index (χ4v) is 3.64. The van der Waals surface area contributed by atoms with Crippen molar-refractivity contribution in [1.82, 2.24) is 9.80 Å². The molecule has 2 aromatic rings. The zero-order valence-electron chi connectivity index (χ0n) is 15.4. The van der Waals surface area contributed by atoms with Gasteiger partial charge in [0.05, 0.1) is 11.6 Å². The number of likely N-dealkylation sites (N-methyl/N-ethyl adjacent to an activating group) is 1. The Morgan fingerprint density at radius 1 is 1.04 bits per heavy atom. The first kappa shape index (κ1) is 18.2. The number of carboxylic acids is 1. The number of aliphatic carboxylic acids is 1. The highest BCUT2D eigenvalue weighted by Gasteiger charge is 2.30. The monoisotopic (exact) mass is 350 g/mol. The van der Waals surface area contributed by atoms with Crippen molar-refractivity contribution in [1.29, 1.82) is 0 Å². The molecule has 0 amide bonds. The molecule has 2 aromatic carbocycles. The average Bonchev–Trinajstić information content (AvgIpc) is 2.68. The van der Waals surface area contributed by atoms with Gasteiger partial charge in [0.25, 0.3) is 0 Å². The van der Waals surface area contributed by atoms with Crippen molar-refractivity contribution in [2.75, 3.05) is 26.2 Å². The molecule has 136 valence electrons. The minimum absolute atomic E-state index is 0.0334. The van der Waals surface area contributed by atoms with Gasteiger partial charge in [-0.25, -0.2) is 4.79 Å². The molecule has 1 atom stereocenters. The molecule has 0 aromatic heterocycles. The van der Waals surface area contributed by atoms with E-state index in [0.717, 1.165) is 37.3 Å². The van der Waals surface area contributed by atoms with Gasteiger partial charge in [-0.1, -0.05) is 68.4 Å². The van der Waals surface area contributed by atoms with E-state index in [0.29, 0.717) is 5.57 Å². The first-order chi connectivity index (χ1) is 12.7. The predicted octanol–water partition coefficient (Wildman–Crippen LogP) is 3.86. The number of carboxylic acid groups (broad SMARTS) is 1. The van der Waals surface area contributed by atoms with E-state index < -0.39 is 5.97 Å². The van der Waals surface area contributed by atoms with Crippen molar-refractivity contribution >= 4 is 11.5 Å². The van der Waals surface area contributed by atoms with Gasteiger partial charge in [-0.05, 0) is 29.8 Å². The Balaban J connectivity index is 2.03. The number of hydrogen-bond donors (Lipinski definition) is 1. The summed E-state index contributed by atoms with van der Waals surface area (Å²) < 4.78 is 0. The van der Waals surface area contributed by atoms with Crippen LogP contribution in [0, 0.1) is 0 Å². The van der Waals surface area contributed by atoms with Gasteiger partial charge < -0.3 is 14.9 Å². The number of fused-ring (bicyclic) bond motifs is 1. The largest absolute Gasteiger partial charge is 0.478 e. The van der Waals surface area contributed by atoms with E-state index in [4.69, 9.17) is 0 Å². The average molecular weight is 350 g/mol. The van der Waals surface area contributed by atoms with Crippen molar-refractivity contribution in [2.45, 2.75) is 19.9 Å². The van der Waals surface area contributed by atoms with Gasteiger partial charge in [0, 0.05) is 19.3 Å². The highest BCUT2D eigenvalue weighted by molar-refractivity contribution is 6.16. The summed E-state index contributed by atoms with van der Waals surface area (Å²) in [5.41, 5.74) is 3.42. The van der Waals surface area contributed by atoms with Gasteiger partial charge in [-0.2, -0.15) is 0 Å². The fraction of sp³-hybridized carbons (Fsp3) is 0.318. The number of benzene rings is 2. The lowest BCUT2D eigenvalue weighted by Gasteiger charge is -2.37. The fourth-order valence-electron chi connectivity index (χ4n) is 3.64. The van der Waals surface area contributed by atoms with Gasteiger partial charge in [-0.15, -0.1) is 0 Å². The zero-order valence-corrected chi connectivity index (χ0v) is 15.4. The Kier molecular flexibility index (Phi) is 5.74. The summed E-state index contributed by atoms with van der Waals surface area (Å²) in [4.78, 5) is 16.4. The van der Waals surface area contributed by atoms with Crippen LogP contribution in [0.4, 0.5) is 0 Å². The maximum Gasteiger partial charge on any atom is 0.337 e. The predicted molar refractivity (Wildman–Crippen MR) is 105 cm³/mol. The van der Waals surface area contributed by atoms with Gasteiger partial charge >= 0.3 is 5.97 Å². The van der Waals surface area contributed by atoms with Crippen LogP contribution >= 0.6 is 0 Å². The summed E-state index contributed by atoms with van der Waals surface area (Å²) >= 11 is 0. The van der Waals surface area contributed by atoms with Crippen molar-refractivity contribution in [3.8, 4) is 0 Å². The quantitative estimate of drug-likeness (QED) is 0.823. The maximum atomic E-state index is 11.9. The first-order valence-electron chi connectivity index (χ1n) is 9.23. The summed E-state index contributed by atoms with van der Waals surface area (Å²) in [6.07, 6.45) is 1.83. The number of rotatable bonds is 7. The summed E-state index contributed by atoms with van der Waals surface area (Å²) in [5.74, 6) is -0.878. The van der Waals surface area contributed by atoms with Gasteiger partial charge in [0.2, 0.25) is 0 Å². The Morgan fingerprint density at radius 3 is 2.35 bits per heavy atom. The third-order valence-electron chi connectivity index (χ3n) is 5.09. The summed E-state index contributed by atoms with van der Waals surface area (Å²) in [6.45, 7) is 7.98. The zero-order chi connectivity index (χ0) is 18.5. The Hall–Kier alpha value is -2.59. The summed E-state index contributed by atoms with van der Waals surface area (Å²) in [6, 6.07) is 18.2. The van der Waals surface area contributed by atoms with Gasteiger partial charge in [0.15, 0.2) is 0 Å². The maximum absolute atomic E-state index is 11.9. The molecule has 4 heteroatoms. The molecule has 0 fully saturated rings. The van der Waals surface area contributed by atoms with Crippen molar-refractivity contribution in [2.24, 2.45) is 0 Å². The minimum Gasteiger partial charge on any atom is -0.478 e. The molecule has 1 aliphatic rings. The van der Waals surface area contributed by atoms with Gasteiger partial charge in [0.1, 0.15) is 0 Å². The molecule has 1 N–H and O–H groups in total. The lowest BCUT2D eigenvalue weighted by molar-refractivity contribution is -0.130. The van der Waals surface area contributed by atoms with Crippen LogP contribution in [0.15, 0.2) is 60.8 Å². The van der Waals surface area contributed by atoms with E-state index in [1.54, 1.807) is 0 Å². The molecule has 0 radical (unpaired) electrons. The van der Waals surface area contributed by atoms with Crippen LogP contribution in [0.1, 0.15) is 36.6 Å². The molecule has 3 rings (SSSR count). The normalized spacial score (nSPS) is 16.3. The van der Waals surface area contributed by atoms with Crippen molar-refractivity contribution < 1.29 is 9.90 Å². The minimum atomic E-state index is -0.878. The number of nitrogens with zero attached hydrogens (tertiary/aromatic N) is 2. The van der Waals surface area contributed by atoms with Crippen molar-refractivity contribution in [3.05, 3.63) is 77.5 Å². The van der Waals surface area contributed by atoms with E-state index in [9.17, 15) is 9.90 Å². The van der Waals surface area contributed by atoms with E-state index in [-0.39, 0.29) is 6.04 Å². The molecule has 0 aliphatic carbocycles. The molecular formula is C22H26N2O2. The van der Waals surface area contributed by atoms with Crippen LogP contribution in [-0.2, 0) is 4.79 Å². The highest BCUT2D eigenvalue weighted by atomic mass is 16.4. The standard InChI is InChI=1S/C22H26N2O2/c1-3-23(4-2)14-15-24-16-20(22(25)26)18-12-8-9-13-19(18)21(24)17-10-6-5-7-11-17/h5-13,16,21H,3-4,14-15H2,1-2H3,(H,25,26). The van der Waals surface area contributed by atoms with E-state index in [1.165, 1.54) is 5.56 Å². The van der Waals surface area contributed by atoms with Crippen LogP contribution in [0.3, 0.4) is 0 Å². The lowest BCUT2D eigenvalue weighted by Crippen LogP contribution is -2.37. The van der Waals surface area contributed by atoms with Crippen LogP contribution < -0.4 is 0 Å². The molecule has 1 unspecified atom stereocenters. The molecule has 0 saturated heterocycles. The van der Waals surface area contributed by atoms with E-state index in [1.807, 2.05) is 48.7 Å². The van der Waals surface area contributed by atoms with Crippen LogP contribution in [0.2, 0.25) is 0 Å². The van der Waals surface area contributed by atoms with Crippen LogP contribution in [0.25, 0.3) is 5.57 Å². The summed E-state index contributed by atoms with van der Waals surface area (Å²) in [5, 5.41) is 9.72. The van der Waals surface area contributed by atoms with Crippen molar-refractivity contribution in [3.63, 3.8) is 0 Å². The molecule has 1 aliphatic heterocycles. The Morgan fingerprint density at radius 2 is 1.69 bits per heavy atom. The highest BCUT2D eigenvalue weighted by Crippen LogP contribution is 2.38. The Bertz CT molecular complexity index is 782. The third kappa shape index (κ3) is 3.65. The molecular weight excluding hydrogens is 324 g/mol. The van der Waals surface area contributed by atoms with E-state index >= 15 is 0 Å². The van der Waals surface area contributed by atoms with Gasteiger partial charge in [-0.3, -0.25) is 0 Å². The first-order valence-corrected chi connectivity index (χ1v) is 9.23. The smallest absolute Gasteiger partial charge is 0.337 e. The molecule has 0 saturated carbocycles. The lowest BCUT2D eigenvalue weighted by atomic mass is 9.87. The molecule has 1 heterocycles. The topological polar surface area (TPSA) is 43.8 Å². The number of hydrogen-bond acceptors (Lipinski definition) is 3. The van der Waals surface area contributed by atoms with Crippen LogP contribution in [-0.4, -0.2) is 47.1 Å². The van der Waals surface area contributed by atoms with Crippen LogP contribution in [0.5, 0.6) is 0 Å². The second-order valence-electron chi connectivity index (χ2n) is 6.51. The molecule has 26 heavy (non-hydrogen) atoms. The van der Waals surface area contributed by atoms with E-state index in [2.05, 4.69) is 35.8 Å². The third-order valence-corrected chi connectivity index (χ3v) is 5.09. The summed E-state index contributed by atoms with van der Waals surface area (Å²) in [7, 11) is 0. The Labute approximate surface area is 155 Å². The second-order valence-corrected chi connectivity index (χ2v) is 6.51. The SMILES string of the molecule is CCN(CC)CCN1C=C(C(=O)O)c2ccccc2C1c1ccccc1.